The van der Waals surface area contributed by atoms with E-state index < -0.39 is 6.16 Å². The first-order valence-electron chi connectivity index (χ1n) is 0.651. The molecule has 0 aliphatic heterocycles. The van der Waals surface area contributed by atoms with Crippen molar-refractivity contribution < 1.29 is 130 Å². The van der Waals surface area contributed by atoms with Crippen LogP contribution in [-0.2, 0) is 32.7 Å². The van der Waals surface area contributed by atoms with Gasteiger partial charge in [0, 0.05) is 110 Å². The summed E-state index contributed by atoms with van der Waals surface area (Å²) in [7, 11) is 0. The van der Waals surface area contributed by atoms with Crippen molar-refractivity contribution in [3.8, 4) is 0 Å². The molecule has 0 amide bonds. The molecule has 7 heteroatoms. The number of hydrogen-bond acceptors (Lipinski definition) is 1. The molecule has 0 saturated carbocycles. The Morgan fingerprint density at radius 3 is 1.25 bits per heavy atom. The molecule has 0 aromatic heterocycles. The Morgan fingerprint density at radius 1 is 1.25 bits per heavy atom. The van der Waals surface area contributed by atoms with Crippen molar-refractivity contribution >= 4 is 6.16 Å². The fraction of sp³-hybridized carbons (Fsp3) is 0. The summed E-state index contributed by atoms with van der Waals surface area (Å²) in [6.45, 7) is 0. The third-order valence-corrected chi connectivity index (χ3v) is 0. The van der Waals surface area contributed by atoms with Crippen LogP contribution in [0.4, 0.5) is 9.50 Å². The SMILES string of the molecule is F.O=C(O)O.[Ce].[La].[Y]. The summed E-state index contributed by atoms with van der Waals surface area (Å²) >= 11 is 0. The van der Waals surface area contributed by atoms with Crippen molar-refractivity contribution in [2.45, 2.75) is 0 Å². The third-order valence-electron chi connectivity index (χ3n) is 0. The summed E-state index contributed by atoms with van der Waals surface area (Å²) in [5.74, 6) is 0. The van der Waals surface area contributed by atoms with Gasteiger partial charge in [-0.05, 0) is 0 Å². The molecule has 42 valence electrons. The van der Waals surface area contributed by atoms with Crippen LogP contribution in [0.5, 0.6) is 0 Å². The van der Waals surface area contributed by atoms with Gasteiger partial charge in [-0.15, -0.1) is 0 Å². The van der Waals surface area contributed by atoms with Crippen LogP contribution < -0.4 is 0 Å². The van der Waals surface area contributed by atoms with Crippen LogP contribution in [0.3, 0.4) is 0 Å². The molecule has 0 bridgehead atoms. The van der Waals surface area contributed by atoms with E-state index in [2.05, 4.69) is 0 Å². The Labute approximate surface area is 133 Å². The van der Waals surface area contributed by atoms with Crippen LogP contribution >= 0.6 is 0 Å². The van der Waals surface area contributed by atoms with E-state index >= 15 is 0 Å². The fourth-order valence-corrected chi connectivity index (χ4v) is 0. The van der Waals surface area contributed by atoms with Gasteiger partial charge in [0.2, 0.25) is 0 Å². The Bertz CT molecular complexity index is 42.3. The molecular formula is CH3CeFLaO3Y. The van der Waals surface area contributed by atoms with Gasteiger partial charge in [-0.1, -0.05) is 0 Å². The first-order valence-corrected chi connectivity index (χ1v) is 0.651. The van der Waals surface area contributed by atoms with Gasteiger partial charge in [0.25, 0.3) is 0 Å². The monoisotopic (exact) mass is 450 g/mol. The minimum absolute atomic E-state index is 0. The van der Waals surface area contributed by atoms with Gasteiger partial charge in [0.1, 0.15) is 0 Å². The number of rotatable bonds is 0. The summed E-state index contributed by atoms with van der Waals surface area (Å²) in [5, 5.41) is 13.9. The second kappa shape index (κ2) is 22.5. The molecule has 0 aliphatic carbocycles. The van der Waals surface area contributed by atoms with Crippen LogP contribution in [0.2, 0.25) is 0 Å². The number of hydrogen-bond donors (Lipinski definition) is 2. The van der Waals surface area contributed by atoms with Crippen molar-refractivity contribution in [1.82, 2.24) is 0 Å². The van der Waals surface area contributed by atoms with Crippen molar-refractivity contribution in [2.24, 2.45) is 0 Å². The molecule has 2 radical (unpaired) electrons. The standard InChI is InChI=1S/CH2O3.Ce.FH.La.Y/c2-1(3)4;;;;/h(H2,2,3,4);;1H;;. The van der Waals surface area contributed by atoms with Gasteiger partial charge in [0.05, 0.1) is 0 Å². The molecule has 0 fully saturated rings. The van der Waals surface area contributed by atoms with Crippen LogP contribution in [0.25, 0.3) is 0 Å². The second-order valence-corrected chi connectivity index (χ2v) is 0.283. The summed E-state index contributed by atoms with van der Waals surface area (Å²) in [6, 6.07) is 0. The van der Waals surface area contributed by atoms with Crippen LogP contribution in [0, 0.1) is 77.3 Å². The Kier molecular flexibility index (Phi) is 86.5. The van der Waals surface area contributed by atoms with Crippen LogP contribution in [-0.4, -0.2) is 16.4 Å². The van der Waals surface area contributed by atoms with E-state index in [0.29, 0.717) is 0 Å². The molecule has 0 spiro atoms. The van der Waals surface area contributed by atoms with Gasteiger partial charge in [-0.3, -0.25) is 4.70 Å². The van der Waals surface area contributed by atoms with E-state index in [-0.39, 0.29) is 115 Å². The Hall–Kier alpha value is 2.88. The molecule has 0 saturated heterocycles. The van der Waals surface area contributed by atoms with Crippen LogP contribution in [0.1, 0.15) is 0 Å². The normalized spacial score (nSPS) is 3.00. The van der Waals surface area contributed by atoms with Gasteiger partial charge in [-0.2, -0.15) is 0 Å². The molecule has 0 heterocycles. The van der Waals surface area contributed by atoms with E-state index in [1.165, 1.54) is 0 Å². The zero-order chi connectivity index (χ0) is 3.58. The van der Waals surface area contributed by atoms with Crippen molar-refractivity contribution in [3.05, 3.63) is 0 Å². The number of carboxylic acid groups (broad SMARTS) is 2. The zero-order valence-electron chi connectivity index (χ0n) is 3.87. The first-order chi connectivity index (χ1) is 1.73. The summed E-state index contributed by atoms with van der Waals surface area (Å²) in [5.41, 5.74) is 0. The number of halogens is 1. The zero-order valence-corrected chi connectivity index (χ0v) is 13.5. The van der Waals surface area contributed by atoms with Crippen molar-refractivity contribution in [3.63, 3.8) is 0 Å². The first kappa shape index (κ1) is 30.7. The largest absolute Gasteiger partial charge is 0.503 e. The maximum atomic E-state index is 8.56. The molecule has 0 aromatic rings. The third kappa shape index (κ3) is 66.6. The van der Waals surface area contributed by atoms with Crippen LogP contribution in [0.15, 0.2) is 0 Å². The van der Waals surface area contributed by atoms with E-state index in [9.17, 15) is 0 Å². The molecular weight excluding hydrogens is 447 g/mol. The topological polar surface area (TPSA) is 57.5 Å². The van der Waals surface area contributed by atoms with E-state index in [1.54, 1.807) is 0 Å². The maximum Gasteiger partial charge on any atom is 0.503 e. The molecule has 8 heavy (non-hydrogen) atoms. The minimum Gasteiger partial charge on any atom is -0.450 e. The fourth-order valence-electron chi connectivity index (χ4n) is 0. The predicted octanol–water partition coefficient (Wildman–Crippen LogP) is 0.372. The van der Waals surface area contributed by atoms with Gasteiger partial charge >= 0.3 is 6.16 Å². The van der Waals surface area contributed by atoms with E-state index in [0.717, 1.165) is 0 Å². The summed E-state index contributed by atoms with van der Waals surface area (Å²) in [6.07, 6.45) is -1.83. The summed E-state index contributed by atoms with van der Waals surface area (Å²) in [4.78, 5) is 8.56. The molecule has 3 nitrogen and oxygen atoms in total. The quantitative estimate of drug-likeness (QED) is 0.562. The minimum atomic E-state index is -1.83. The predicted molar refractivity (Wildman–Crippen MR) is 13.2 cm³/mol. The van der Waals surface area contributed by atoms with Gasteiger partial charge < -0.3 is 10.2 Å². The van der Waals surface area contributed by atoms with E-state index in [1.807, 2.05) is 0 Å². The maximum absolute atomic E-state index is 8.56. The molecule has 0 rings (SSSR count). The molecule has 0 unspecified atom stereocenters. The average molecular weight is 450 g/mol. The Balaban J connectivity index is -0.00000000750. The smallest absolute Gasteiger partial charge is 0.450 e. The van der Waals surface area contributed by atoms with Gasteiger partial charge in [-0.25, -0.2) is 4.79 Å². The molecule has 0 aliphatic rings. The summed E-state index contributed by atoms with van der Waals surface area (Å²) < 4.78 is 0. The molecule has 0 aromatic carbocycles. The van der Waals surface area contributed by atoms with Gasteiger partial charge in [0.15, 0.2) is 0 Å². The van der Waals surface area contributed by atoms with Crippen molar-refractivity contribution in [1.29, 1.82) is 0 Å². The molecule has 2 N–H and O–H groups in total. The van der Waals surface area contributed by atoms with Crippen molar-refractivity contribution in [2.75, 3.05) is 0 Å². The number of carbonyl (C=O) groups is 1. The Morgan fingerprint density at radius 2 is 1.25 bits per heavy atom. The van der Waals surface area contributed by atoms with E-state index in [4.69, 9.17) is 15.0 Å². The average Bonchev–Trinajstić information content (AvgIpc) is 0.811. The molecule has 0 atom stereocenters. The second-order valence-electron chi connectivity index (χ2n) is 0.283.